The third-order valence-corrected chi connectivity index (χ3v) is 3.86. The minimum atomic E-state index is 0.490. The zero-order valence-corrected chi connectivity index (χ0v) is 11.3. The second-order valence-electron chi connectivity index (χ2n) is 4.88. The van der Waals surface area contributed by atoms with E-state index in [2.05, 4.69) is 39.0 Å². The zero-order chi connectivity index (χ0) is 12.7. The van der Waals surface area contributed by atoms with Crippen LogP contribution in [0.5, 0.6) is 0 Å². The molecular weight excluding hydrogens is 250 g/mol. The number of anilines is 1. The highest BCUT2D eigenvalue weighted by atomic mass is 35.5. The summed E-state index contributed by atoms with van der Waals surface area (Å²) in [5, 5.41) is 8.95. The number of nitrogens with one attached hydrogen (secondary N) is 1. The maximum absolute atomic E-state index is 5.88. The molecule has 1 aliphatic rings. The van der Waals surface area contributed by atoms with E-state index in [1.54, 1.807) is 6.20 Å². The molecule has 0 radical (unpaired) electrons. The maximum Gasteiger partial charge on any atom is 0.159 e. The van der Waals surface area contributed by atoms with Crippen molar-refractivity contribution in [2.75, 3.05) is 31.6 Å². The van der Waals surface area contributed by atoms with E-state index in [1.807, 2.05) is 6.07 Å². The van der Waals surface area contributed by atoms with Gasteiger partial charge in [-0.2, -0.15) is 5.10 Å². The van der Waals surface area contributed by atoms with Gasteiger partial charge in [0.25, 0.3) is 0 Å². The summed E-state index contributed by atoms with van der Waals surface area (Å²) in [6, 6.07) is 2.35. The minimum Gasteiger partial charge on any atom is -0.352 e. The van der Waals surface area contributed by atoms with Gasteiger partial charge in [0.05, 0.1) is 10.9 Å². The van der Waals surface area contributed by atoms with E-state index in [0.29, 0.717) is 11.2 Å². The van der Waals surface area contributed by atoms with Crippen LogP contribution in [0.25, 0.3) is 10.9 Å². The summed E-state index contributed by atoms with van der Waals surface area (Å²) >= 11 is 5.88. The fourth-order valence-corrected chi connectivity index (χ4v) is 2.51. The van der Waals surface area contributed by atoms with Crippen molar-refractivity contribution < 1.29 is 0 Å². The van der Waals surface area contributed by atoms with Crippen LogP contribution < -0.4 is 4.90 Å². The summed E-state index contributed by atoms with van der Waals surface area (Å²) in [4.78, 5) is 8.80. The fraction of sp³-hybridized carbons (Fsp3) is 0.500. The van der Waals surface area contributed by atoms with Crippen LogP contribution in [0.15, 0.2) is 12.3 Å². The number of aromatic amines is 1. The lowest BCUT2D eigenvalue weighted by atomic mass is 10.2. The molecule has 2 aromatic rings. The van der Waals surface area contributed by atoms with Crippen molar-refractivity contribution in [3.63, 3.8) is 0 Å². The Kier molecular flexibility index (Phi) is 2.87. The number of likely N-dealkylation sites (N-methyl/N-ethyl adjacent to an activating group) is 1. The highest BCUT2D eigenvalue weighted by Crippen LogP contribution is 2.26. The van der Waals surface area contributed by atoms with Crippen LogP contribution >= 0.6 is 11.6 Å². The lowest BCUT2D eigenvalue weighted by Crippen LogP contribution is -2.50. The van der Waals surface area contributed by atoms with E-state index in [1.165, 1.54) is 0 Å². The first-order valence-corrected chi connectivity index (χ1v) is 6.48. The van der Waals surface area contributed by atoms with E-state index in [-0.39, 0.29) is 0 Å². The summed E-state index contributed by atoms with van der Waals surface area (Å²) in [5.41, 5.74) is 0.941. The molecule has 0 spiro atoms. The van der Waals surface area contributed by atoms with Crippen molar-refractivity contribution in [3.8, 4) is 0 Å². The van der Waals surface area contributed by atoms with E-state index < -0.39 is 0 Å². The summed E-state index contributed by atoms with van der Waals surface area (Å²) in [7, 11) is 2.16. The summed E-state index contributed by atoms with van der Waals surface area (Å²) in [6.45, 7) is 5.26. The number of rotatable bonds is 1. The average molecular weight is 266 g/mol. The Balaban J connectivity index is 1.95. The van der Waals surface area contributed by atoms with Crippen LogP contribution in [0.2, 0.25) is 5.15 Å². The number of halogens is 1. The molecule has 6 heteroatoms. The van der Waals surface area contributed by atoms with Crippen molar-refractivity contribution in [3.05, 3.63) is 17.4 Å². The molecule has 0 amide bonds. The van der Waals surface area contributed by atoms with Crippen LogP contribution in [0.3, 0.4) is 0 Å². The quantitative estimate of drug-likeness (QED) is 0.798. The van der Waals surface area contributed by atoms with Crippen molar-refractivity contribution >= 4 is 28.3 Å². The topological polar surface area (TPSA) is 48.1 Å². The van der Waals surface area contributed by atoms with Crippen LogP contribution in [-0.4, -0.2) is 52.8 Å². The van der Waals surface area contributed by atoms with Gasteiger partial charge in [0.1, 0.15) is 5.15 Å². The molecule has 1 saturated heterocycles. The first kappa shape index (κ1) is 11.7. The number of aromatic nitrogens is 3. The molecule has 3 rings (SSSR count). The third-order valence-electron chi connectivity index (χ3n) is 3.65. The second-order valence-corrected chi connectivity index (χ2v) is 5.26. The first-order chi connectivity index (χ1) is 8.65. The highest BCUT2D eigenvalue weighted by molar-refractivity contribution is 6.30. The van der Waals surface area contributed by atoms with Gasteiger partial charge in [-0.25, -0.2) is 4.98 Å². The van der Waals surface area contributed by atoms with Gasteiger partial charge in [0, 0.05) is 37.9 Å². The molecule has 1 unspecified atom stereocenters. The zero-order valence-electron chi connectivity index (χ0n) is 10.5. The predicted molar refractivity (Wildman–Crippen MR) is 73.2 cm³/mol. The molecule has 0 aromatic carbocycles. The monoisotopic (exact) mass is 265 g/mol. The van der Waals surface area contributed by atoms with Gasteiger partial charge in [-0.15, -0.1) is 0 Å². The lowest BCUT2D eigenvalue weighted by Gasteiger charge is -2.37. The number of pyridine rings is 1. The van der Waals surface area contributed by atoms with Crippen molar-refractivity contribution in [2.24, 2.45) is 0 Å². The molecule has 1 fully saturated rings. The van der Waals surface area contributed by atoms with Crippen molar-refractivity contribution in [1.29, 1.82) is 0 Å². The van der Waals surface area contributed by atoms with E-state index in [9.17, 15) is 0 Å². The average Bonchev–Trinajstić information content (AvgIpc) is 2.75. The molecule has 5 nitrogen and oxygen atoms in total. The molecule has 1 atom stereocenters. The number of fused-ring (bicyclic) bond motifs is 1. The summed E-state index contributed by atoms with van der Waals surface area (Å²) < 4.78 is 0. The predicted octanol–water partition coefficient (Wildman–Crippen LogP) is 1.75. The van der Waals surface area contributed by atoms with Crippen LogP contribution in [-0.2, 0) is 0 Å². The fourth-order valence-electron chi connectivity index (χ4n) is 2.36. The van der Waals surface area contributed by atoms with Gasteiger partial charge < -0.3 is 9.80 Å². The molecule has 96 valence electrons. The Hall–Kier alpha value is -1.33. The molecule has 2 aromatic heterocycles. The van der Waals surface area contributed by atoms with Crippen LogP contribution in [0.4, 0.5) is 5.82 Å². The number of hydrogen-bond acceptors (Lipinski definition) is 4. The smallest absolute Gasteiger partial charge is 0.159 e. The Morgan fingerprint density at radius 1 is 1.44 bits per heavy atom. The highest BCUT2D eigenvalue weighted by Gasteiger charge is 2.23. The van der Waals surface area contributed by atoms with Gasteiger partial charge in [-0.3, -0.25) is 5.10 Å². The molecule has 1 N–H and O–H groups in total. The standard InChI is InChI=1S/C12H16ClN5/c1-8-7-18(4-3-17(8)2)12-9-6-14-11(13)5-10(9)15-16-12/h5-6,8H,3-4,7H2,1-2H3,(H,15,16). The number of H-pyrrole nitrogens is 1. The number of nitrogens with zero attached hydrogens (tertiary/aromatic N) is 4. The Labute approximate surface area is 111 Å². The van der Waals surface area contributed by atoms with E-state index >= 15 is 0 Å². The Morgan fingerprint density at radius 2 is 2.28 bits per heavy atom. The molecule has 0 aliphatic carbocycles. The van der Waals surface area contributed by atoms with Crippen molar-refractivity contribution in [1.82, 2.24) is 20.1 Å². The van der Waals surface area contributed by atoms with Gasteiger partial charge >= 0.3 is 0 Å². The molecule has 1 aliphatic heterocycles. The summed E-state index contributed by atoms with van der Waals surface area (Å²) in [6.07, 6.45) is 1.79. The molecule has 0 bridgehead atoms. The molecule has 18 heavy (non-hydrogen) atoms. The van der Waals surface area contributed by atoms with Gasteiger partial charge in [0.2, 0.25) is 0 Å². The third kappa shape index (κ3) is 1.93. The molecule has 0 saturated carbocycles. The van der Waals surface area contributed by atoms with Gasteiger partial charge in [-0.1, -0.05) is 11.6 Å². The SMILES string of the molecule is CC1CN(c2n[nH]c3cc(Cl)ncc23)CCN1C. The van der Waals surface area contributed by atoms with E-state index in [4.69, 9.17) is 11.6 Å². The molecule has 3 heterocycles. The van der Waals surface area contributed by atoms with E-state index in [0.717, 1.165) is 36.4 Å². The largest absolute Gasteiger partial charge is 0.352 e. The van der Waals surface area contributed by atoms with Crippen molar-refractivity contribution in [2.45, 2.75) is 13.0 Å². The Bertz CT molecular complexity index is 567. The normalized spacial score (nSPS) is 21.7. The second kappa shape index (κ2) is 4.40. The Morgan fingerprint density at radius 3 is 3.06 bits per heavy atom. The maximum atomic E-state index is 5.88. The van der Waals surface area contributed by atoms with Gasteiger partial charge in [-0.05, 0) is 14.0 Å². The molecular formula is C12H16ClN5. The summed E-state index contributed by atoms with van der Waals surface area (Å²) in [5.74, 6) is 0.981. The number of piperazine rings is 1. The first-order valence-electron chi connectivity index (χ1n) is 6.10. The van der Waals surface area contributed by atoms with Crippen LogP contribution in [0.1, 0.15) is 6.92 Å². The minimum absolute atomic E-state index is 0.490. The van der Waals surface area contributed by atoms with Crippen LogP contribution in [0, 0.1) is 0 Å². The van der Waals surface area contributed by atoms with Gasteiger partial charge in [0.15, 0.2) is 5.82 Å². The number of hydrogen-bond donors (Lipinski definition) is 1. The lowest BCUT2D eigenvalue weighted by molar-refractivity contribution is 0.233.